The zero-order valence-corrected chi connectivity index (χ0v) is 13.9. The van der Waals surface area contributed by atoms with Crippen LogP contribution < -0.4 is 10.1 Å². The van der Waals surface area contributed by atoms with Crippen molar-refractivity contribution in [1.29, 1.82) is 0 Å². The molecular formula is C20H23NO3. The summed E-state index contributed by atoms with van der Waals surface area (Å²) in [4.78, 5) is 11.9. The second-order valence-electron chi connectivity index (χ2n) is 5.47. The maximum absolute atomic E-state index is 11.9. The average Bonchev–Trinajstić information content (AvgIpc) is 2.60. The van der Waals surface area contributed by atoms with Gasteiger partial charge in [-0.15, -0.1) is 0 Å². The number of carbonyl (C=O) groups is 1. The molecule has 4 nitrogen and oxygen atoms in total. The van der Waals surface area contributed by atoms with Crippen molar-refractivity contribution >= 4 is 12.0 Å². The minimum absolute atomic E-state index is 0.0372. The van der Waals surface area contributed by atoms with E-state index in [0.717, 1.165) is 11.1 Å². The SMILES string of the molecule is Cc1ccc(/C=C/CC(=O)NCc2ccccc2OCCO)cc1. The van der Waals surface area contributed by atoms with Crippen molar-refractivity contribution in [2.24, 2.45) is 0 Å². The third-order valence-corrected chi connectivity index (χ3v) is 3.49. The fourth-order valence-corrected chi connectivity index (χ4v) is 2.19. The number of rotatable bonds is 8. The maximum atomic E-state index is 11.9. The fourth-order valence-electron chi connectivity index (χ4n) is 2.19. The van der Waals surface area contributed by atoms with Gasteiger partial charge in [-0.25, -0.2) is 0 Å². The molecule has 2 aromatic rings. The van der Waals surface area contributed by atoms with E-state index in [1.807, 2.05) is 67.6 Å². The van der Waals surface area contributed by atoms with Crippen LogP contribution in [-0.4, -0.2) is 24.2 Å². The summed E-state index contributed by atoms with van der Waals surface area (Å²) in [5, 5.41) is 11.7. The minimum atomic E-state index is -0.0460. The number of hydrogen-bond acceptors (Lipinski definition) is 3. The largest absolute Gasteiger partial charge is 0.491 e. The molecule has 0 atom stereocenters. The Balaban J connectivity index is 1.82. The van der Waals surface area contributed by atoms with E-state index in [9.17, 15) is 4.79 Å². The van der Waals surface area contributed by atoms with Gasteiger partial charge in [0.15, 0.2) is 0 Å². The van der Waals surface area contributed by atoms with Crippen molar-refractivity contribution in [1.82, 2.24) is 5.32 Å². The number of aliphatic hydroxyl groups is 1. The Morgan fingerprint density at radius 1 is 1.17 bits per heavy atom. The Bertz CT molecular complexity index is 678. The topological polar surface area (TPSA) is 58.6 Å². The standard InChI is InChI=1S/C20H23NO3/c1-16-9-11-17(12-10-16)5-4-8-20(23)21-15-18-6-2-3-7-19(18)24-14-13-22/h2-7,9-12,22H,8,13-15H2,1H3,(H,21,23)/b5-4+. The molecule has 0 aromatic heterocycles. The normalized spacial score (nSPS) is 10.8. The van der Waals surface area contributed by atoms with Crippen LogP contribution in [0.3, 0.4) is 0 Å². The Kier molecular flexibility index (Phi) is 7.05. The molecule has 0 spiro atoms. The van der Waals surface area contributed by atoms with Crippen molar-refractivity contribution in [3.05, 3.63) is 71.3 Å². The zero-order valence-electron chi connectivity index (χ0n) is 13.9. The van der Waals surface area contributed by atoms with Gasteiger partial charge >= 0.3 is 0 Å². The van der Waals surface area contributed by atoms with E-state index in [0.29, 0.717) is 18.7 Å². The monoisotopic (exact) mass is 325 g/mol. The summed E-state index contributed by atoms with van der Waals surface area (Å²) < 4.78 is 5.45. The smallest absolute Gasteiger partial charge is 0.224 e. The predicted octanol–water partition coefficient (Wildman–Crippen LogP) is 3.09. The van der Waals surface area contributed by atoms with Crippen LogP contribution in [0.1, 0.15) is 23.1 Å². The fraction of sp³-hybridized carbons (Fsp3) is 0.250. The number of hydrogen-bond donors (Lipinski definition) is 2. The summed E-state index contributed by atoms with van der Waals surface area (Å²) >= 11 is 0. The number of benzene rings is 2. The van der Waals surface area contributed by atoms with Crippen LogP contribution in [0.5, 0.6) is 5.75 Å². The van der Waals surface area contributed by atoms with Gasteiger partial charge in [0.25, 0.3) is 0 Å². The van der Waals surface area contributed by atoms with Crippen molar-refractivity contribution in [2.75, 3.05) is 13.2 Å². The van der Waals surface area contributed by atoms with Crippen LogP contribution in [-0.2, 0) is 11.3 Å². The number of carbonyl (C=O) groups excluding carboxylic acids is 1. The Morgan fingerprint density at radius 3 is 2.67 bits per heavy atom. The van der Waals surface area contributed by atoms with Gasteiger partial charge in [0.2, 0.25) is 5.91 Å². The summed E-state index contributed by atoms with van der Waals surface area (Å²) in [6, 6.07) is 15.6. The zero-order chi connectivity index (χ0) is 17.2. The molecule has 0 heterocycles. The molecule has 4 heteroatoms. The first-order valence-electron chi connectivity index (χ1n) is 8.00. The molecule has 2 N–H and O–H groups in total. The summed E-state index contributed by atoms with van der Waals surface area (Å²) in [5.41, 5.74) is 3.19. The lowest BCUT2D eigenvalue weighted by atomic mass is 10.1. The number of nitrogens with one attached hydrogen (secondary N) is 1. The molecule has 126 valence electrons. The van der Waals surface area contributed by atoms with Gasteiger partial charge in [0.1, 0.15) is 12.4 Å². The molecule has 0 aliphatic carbocycles. The minimum Gasteiger partial charge on any atom is -0.491 e. The van der Waals surface area contributed by atoms with Gasteiger partial charge < -0.3 is 15.2 Å². The molecule has 0 aliphatic rings. The van der Waals surface area contributed by atoms with E-state index in [2.05, 4.69) is 5.32 Å². The second kappa shape index (κ2) is 9.53. The number of amides is 1. The highest BCUT2D eigenvalue weighted by molar-refractivity contribution is 5.78. The number of para-hydroxylation sites is 1. The van der Waals surface area contributed by atoms with Gasteiger partial charge in [0.05, 0.1) is 6.61 Å². The highest BCUT2D eigenvalue weighted by Crippen LogP contribution is 2.17. The molecule has 0 fully saturated rings. The predicted molar refractivity (Wildman–Crippen MR) is 95.7 cm³/mol. The van der Waals surface area contributed by atoms with Crippen LogP contribution in [0.15, 0.2) is 54.6 Å². The van der Waals surface area contributed by atoms with Crippen molar-refractivity contribution in [3.8, 4) is 5.75 Å². The Morgan fingerprint density at radius 2 is 1.92 bits per heavy atom. The van der Waals surface area contributed by atoms with E-state index < -0.39 is 0 Å². The Hall–Kier alpha value is -2.59. The molecule has 0 aliphatic heterocycles. The van der Waals surface area contributed by atoms with Gasteiger partial charge in [-0.05, 0) is 18.6 Å². The number of aryl methyl sites for hydroxylation is 1. The van der Waals surface area contributed by atoms with E-state index in [-0.39, 0.29) is 19.1 Å². The molecule has 2 aromatic carbocycles. The van der Waals surface area contributed by atoms with Crippen LogP contribution in [0.4, 0.5) is 0 Å². The third-order valence-electron chi connectivity index (χ3n) is 3.49. The summed E-state index contributed by atoms with van der Waals surface area (Å²) in [6.45, 7) is 2.65. The van der Waals surface area contributed by atoms with Gasteiger partial charge in [-0.2, -0.15) is 0 Å². The molecule has 24 heavy (non-hydrogen) atoms. The van der Waals surface area contributed by atoms with Crippen LogP contribution >= 0.6 is 0 Å². The first kappa shape index (κ1) is 17.8. The molecule has 1 amide bonds. The lowest BCUT2D eigenvalue weighted by Gasteiger charge is -2.11. The van der Waals surface area contributed by atoms with E-state index in [1.54, 1.807) is 0 Å². The maximum Gasteiger partial charge on any atom is 0.224 e. The van der Waals surface area contributed by atoms with E-state index in [4.69, 9.17) is 9.84 Å². The lowest BCUT2D eigenvalue weighted by molar-refractivity contribution is -0.120. The molecule has 0 saturated carbocycles. The van der Waals surface area contributed by atoms with Crippen LogP contribution in [0, 0.1) is 6.92 Å². The lowest BCUT2D eigenvalue weighted by Crippen LogP contribution is -2.22. The first-order valence-corrected chi connectivity index (χ1v) is 8.00. The highest BCUT2D eigenvalue weighted by Gasteiger charge is 2.04. The van der Waals surface area contributed by atoms with Gasteiger partial charge in [0, 0.05) is 18.5 Å². The summed E-state index contributed by atoms with van der Waals surface area (Å²) in [6.07, 6.45) is 4.12. The molecule has 0 radical (unpaired) electrons. The first-order chi connectivity index (χ1) is 11.7. The number of aliphatic hydroxyl groups excluding tert-OH is 1. The summed E-state index contributed by atoms with van der Waals surface area (Å²) in [5.74, 6) is 0.636. The van der Waals surface area contributed by atoms with E-state index in [1.165, 1.54) is 5.56 Å². The average molecular weight is 325 g/mol. The van der Waals surface area contributed by atoms with E-state index >= 15 is 0 Å². The van der Waals surface area contributed by atoms with Crippen molar-refractivity contribution < 1.29 is 14.6 Å². The second-order valence-corrected chi connectivity index (χ2v) is 5.47. The highest BCUT2D eigenvalue weighted by atomic mass is 16.5. The molecule has 0 saturated heterocycles. The molecule has 0 unspecified atom stereocenters. The Labute approximate surface area is 142 Å². The quantitative estimate of drug-likeness (QED) is 0.784. The molecule has 0 bridgehead atoms. The molecular weight excluding hydrogens is 302 g/mol. The van der Waals surface area contributed by atoms with Gasteiger partial charge in [-0.3, -0.25) is 4.79 Å². The van der Waals surface area contributed by atoms with Crippen molar-refractivity contribution in [2.45, 2.75) is 19.9 Å². The number of ether oxygens (including phenoxy) is 1. The molecule has 2 rings (SSSR count). The van der Waals surface area contributed by atoms with Crippen LogP contribution in [0.25, 0.3) is 6.08 Å². The third kappa shape index (κ3) is 5.89. The summed E-state index contributed by atoms with van der Waals surface area (Å²) in [7, 11) is 0. The van der Waals surface area contributed by atoms with Gasteiger partial charge in [-0.1, -0.05) is 60.2 Å². The van der Waals surface area contributed by atoms with Crippen molar-refractivity contribution in [3.63, 3.8) is 0 Å². The van der Waals surface area contributed by atoms with Crippen LogP contribution in [0.2, 0.25) is 0 Å².